The zero-order valence-corrected chi connectivity index (χ0v) is 26.3. The van der Waals surface area contributed by atoms with Crippen LogP contribution in [0.4, 0.5) is 0 Å². The number of allylic oxidation sites excluding steroid dienone is 1. The Bertz CT molecular complexity index is 1040. The highest BCUT2D eigenvalue weighted by molar-refractivity contribution is 7.36. The lowest BCUT2D eigenvalue weighted by Gasteiger charge is -2.54. The van der Waals surface area contributed by atoms with Crippen LogP contribution >= 0.6 is 9.24 Å². The van der Waals surface area contributed by atoms with Gasteiger partial charge in [-0.2, -0.15) is 0 Å². The Morgan fingerprint density at radius 1 is 0.711 bits per heavy atom. The Morgan fingerprint density at radius 3 is 1.73 bits per heavy atom. The Balaban J connectivity index is 0.000000701. The third-order valence-electron chi connectivity index (χ3n) is 7.48. The van der Waals surface area contributed by atoms with Gasteiger partial charge in [0.25, 0.3) is 0 Å². The number of aliphatic imine (C=N–C) groups is 1. The molecule has 2 aliphatic rings. The maximum atomic E-state index is 11.3. The summed E-state index contributed by atoms with van der Waals surface area (Å²) < 4.78 is 0. The molecular formula is C28H45N4O12P. The highest BCUT2D eigenvalue weighted by Gasteiger charge is 2.48. The van der Waals surface area contributed by atoms with E-state index in [2.05, 4.69) is 26.4 Å². The number of hydrogen-bond acceptors (Lipinski definition) is 10. The largest absolute Gasteiger partial charge is 0.481 e. The van der Waals surface area contributed by atoms with Gasteiger partial charge in [0.15, 0.2) is 0 Å². The molecule has 16 nitrogen and oxygen atoms in total. The average molecular weight is 661 g/mol. The Morgan fingerprint density at radius 2 is 1.22 bits per heavy atom. The van der Waals surface area contributed by atoms with Gasteiger partial charge in [0.2, 0.25) is 0 Å². The highest BCUT2D eigenvalue weighted by Crippen LogP contribution is 2.37. The van der Waals surface area contributed by atoms with Crippen molar-refractivity contribution in [3.8, 4) is 0 Å². The molecule has 1 saturated carbocycles. The van der Waals surface area contributed by atoms with Gasteiger partial charge in [-0.05, 0) is 25.7 Å². The molecule has 0 heterocycles. The van der Waals surface area contributed by atoms with Crippen LogP contribution in [-0.2, 0) is 28.8 Å². The van der Waals surface area contributed by atoms with Crippen LogP contribution in [0.1, 0.15) is 51.4 Å². The minimum atomic E-state index is -1.33. The molecule has 2 aliphatic carbocycles. The molecule has 45 heavy (non-hydrogen) atoms. The van der Waals surface area contributed by atoms with Gasteiger partial charge in [-0.25, -0.2) is 0 Å². The van der Waals surface area contributed by atoms with Crippen molar-refractivity contribution in [2.45, 2.75) is 69.5 Å². The molecule has 0 amide bonds. The summed E-state index contributed by atoms with van der Waals surface area (Å²) in [7, 11) is 2.54. The number of carbonyl (C=O) groups is 6. The van der Waals surface area contributed by atoms with Crippen molar-refractivity contribution < 1.29 is 59.4 Å². The number of carboxylic acids is 6. The summed E-state index contributed by atoms with van der Waals surface area (Å²) in [5.41, 5.74) is 0. The van der Waals surface area contributed by atoms with Crippen molar-refractivity contribution in [2.24, 2.45) is 10.9 Å². The van der Waals surface area contributed by atoms with Gasteiger partial charge in [0.05, 0.1) is 45.2 Å². The first-order chi connectivity index (χ1) is 21.2. The summed E-state index contributed by atoms with van der Waals surface area (Å²) in [6.45, 7) is -3.62. The molecule has 1 fully saturated rings. The first kappa shape index (κ1) is 39.6. The van der Waals surface area contributed by atoms with Gasteiger partial charge in [0, 0.05) is 37.0 Å². The lowest BCUT2D eigenvalue weighted by atomic mass is 9.71. The first-order valence-corrected chi connectivity index (χ1v) is 15.3. The Kier molecular flexibility index (Phi) is 18.7. The quantitative estimate of drug-likeness (QED) is 0.0673. The molecule has 0 aromatic carbocycles. The van der Waals surface area contributed by atoms with E-state index in [1.807, 2.05) is 5.96 Å². The summed E-state index contributed by atoms with van der Waals surface area (Å²) in [6, 6.07) is -0.963. The van der Waals surface area contributed by atoms with E-state index in [-0.39, 0.29) is 19.5 Å². The SMILES string of the molecule is O=C(O)CCN(CC(=O)O)C1CC(N(CC(=O)O)CC(=O)O)C1CN(CC(=O)O)CC(=O)O.PC=NC1/C=C\CCCCCC1. The molecule has 0 radical (unpaired) electrons. The third-order valence-corrected chi connectivity index (χ3v) is 7.65. The normalized spacial score (nSPS) is 22.4. The van der Waals surface area contributed by atoms with Crippen LogP contribution in [0.25, 0.3) is 0 Å². The van der Waals surface area contributed by atoms with Crippen LogP contribution in [0.15, 0.2) is 17.1 Å². The predicted molar refractivity (Wildman–Crippen MR) is 165 cm³/mol. The third kappa shape index (κ3) is 17.0. The van der Waals surface area contributed by atoms with Crippen molar-refractivity contribution >= 4 is 51.0 Å². The monoisotopic (exact) mass is 660 g/mol. The zero-order chi connectivity index (χ0) is 33.9. The fraction of sp³-hybridized carbons (Fsp3) is 0.679. The minimum absolute atomic E-state index is 0.0894. The molecule has 0 aromatic heterocycles. The topological polar surface area (TPSA) is 246 Å². The molecule has 5 atom stereocenters. The van der Waals surface area contributed by atoms with E-state index in [0.717, 1.165) is 9.80 Å². The molecule has 0 saturated heterocycles. The molecule has 2 rings (SSSR count). The van der Waals surface area contributed by atoms with E-state index in [9.17, 15) is 33.9 Å². The van der Waals surface area contributed by atoms with E-state index >= 15 is 0 Å². The number of rotatable bonds is 18. The maximum absolute atomic E-state index is 11.3. The Hall–Kier alpha value is -3.46. The second kappa shape index (κ2) is 21.3. The average Bonchev–Trinajstić information content (AvgIpc) is 3.02. The first-order valence-electron chi connectivity index (χ1n) is 14.6. The van der Waals surface area contributed by atoms with Gasteiger partial charge < -0.3 is 30.6 Å². The number of hydrogen-bond donors (Lipinski definition) is 6. The Labute approximate surface area is 263 Å². The second-order valence-corrected chi connectivity index (χ2v) is 11.3. The molecule has 254 valence electrons. The van der Waals surface area contributed by atoms with Crippen molar-refractivity contribution in [2.75, 3.05) is 45.8 Å². The summed E-state index contributed by atoms with van der Waals surface area (Å²) in [5.74, 6) is -6.64. The smallest absolute Gasteiger partial charge is 0.317 e. The van der Waals surface area contributed by atoms with Crippen LogP contribution in [0.5, 0.6) is 0 Å². The highest BCUT2D eigenvalue weighted by atomic mass is 31.0. The predicted octanol–water partition coefficient (Wildman–Crippen LogP) is 0.716. The summed E-state index contributed by atoms with van der Waals surface area (Å²) in [6.07, 6.45) is 12.1. The van der Waals surface area contributed by atoms with E-state index < -0.39 is 93.0 Å². The minimum Gasteiger partial charge on any atom is -0.481 e. The molecule has 17 heteroatoms. The van der Waals surface area contributed by atoms with Gasteiger partial charge in [-0.3, -0.25) is 48.5 Å². The summed E-state index contributed by atoms with van der Waals surface area (Å²) in [4.78, 5) is 75.0. The van der Waals surface area contributed by atoms with Crippen LogP contribution in [0.3, 0.4) is 0 Å². The van der Waals surface area contributed by atoms with Gasteiger partial charge in [-0.1, -0.05) is 40.7 Å². The number of nitrogens with zero attached hydrogens (tertiary/aromatic N) is 4. The molecular weight excluding hydrogens is 615 g/mol. The summed E-state index contributed by atoms with van der Waals surface area (Å²) >= 11 is 0. The van der Waals surface area contributed by atoms with Gasteiger partial charge >= 0.3 is 35.8 Å². The fourth-order valence-electron chi connectivity index (χ4n) is 5.57. The standard InChI is InChI=1S/C18H27N3O12.C10H18NP/c22-13(23)1-2-20(7-16(28)29)11-3-12(21(8-17(30)31)9-18(32)33)10(11)4-19(5-14(24)25)6-15(26)27;12-9-11-10-7-5-3-1-2-4-6-8-10/h10-12H,1-9H2,(H,22,23)(H,24,25)(H,26,27)(H,28,29)(H,30,31)(H,32,33);5,7,9-10H,1-4,6,8,12H2/b;7-5-,11-9?. The molecule has 0 bridgehead atoms. The van der Waals surface area contributed by atoms with Crippen molar-refractivity contribution in [3.05, 3.63) is 12.2 Å². The van der Waals surface area contributed by atoms with E-state index in [1.54, 1.807) is 0 Å². The lowest BCUT2D eigenvalue weighted by molar-refractivity contribution is -0.150. The van der Waals surface area contributed by atoms with Crippen molar-refractivity contribution in [1.29, 1.82) is 0 Å². The number of aliphatic carboxylic acids is 6. The van der Waals surface area contributed by atoms with Gasteiger partial charge in [0.1, 0.15) is 0 Å². The van der Waals surface area contributed by atoms with E-state index in [1.165, 1.54) is 43.4 Å². The zero-order valence-electron chi connectivity index (χ0n) is 25.1. The van der Waals surface area contributed by atoms with Crippen molar-refractivity contribution in [3.63, 3.8) is 0 Å². The molecule has 0 spiro atoms. The second-order valence-electron chi connectivity index (χ2n) is 11.0. The molecule has 6 N–H and O–H groups in total. The fourth-order valence-corrected chi connectivity index (χ4v) is 5.79. The summed E-state index contributed by atoms with van der Waals surface area (Å²) in [5, 5.41) is 54.7. The van der Waals surface area contributed by atoms with E-state index in [4.69, 9.17) is 25.5 Å². The van der Waals surface area contributed by atoms with Crippen LogP contribution in [-0.4, -0.2) is 151 Å². The molecule has 5 unspecified atom stereocenters. The lowest BCUT2D eigenvalue weighted by Crippen LogP contribution is -2.66. The van der Waals surface area contributed by atoms with Crippen LogP contribution in [0.2, 0.25) is 0 Å². The van der Waals surface area contributed by atoms with Crippen LogP contribution < -0.4 is 0 Å². The van der Waals surface area contributed by atoms with Gasteiger partial charge in [-0.15, -0.1) is 0 Å². The number of carboxylic acid groups (broad SMARTS) is 6. The van der Waals surface area contributed by atoms with E-state index in [0.29, 0.717) is 6.04 Å². The molecule has 0 aliphatic heterocycles. The van der Waals surface area contributed by atoms with Crippen molar-refractivity contribution in [1.82, 2.24) is 14.7 Å². The van der Waals surface area contributed by atoms with Crippen LogP contribution in [0, 0.1) is 5.92 Å². The molecule has 0 aromatic rings. The maximum Gasteiger partial charge on any atom is 0.317 e.